The lowest BCUT2D eigenvalue weighted by atomic mass is 10.1. The molecule has 0 aliphatic carbocycles. The van der Waals surface area contributed by atoms with Gasteiger partial charge in [0.25, 0.3) is 0 Å². The summed E-state index contributed by atoms with van der Waals surface area (Å²) in [5, 5.41) is 2.75. The third kappa shape index (κ3) is 5.13. The van der Waals surface area contributed by atoms with Gasteiger partial charge in [-0.05, 0) is 31.0 Å². The lowest BCUT2D eigenvalue weighted by Gasteiger charge is -2.18. The topological polar surface area (TPSA) is 64.4 Å². The normalized spacial score (nSPS) is 13.9. The third-order valence-electron chi connectivity index (χ3n) is 2.88. The van der Waals surface area contributed by atoms with Gasteiger partial charge in [0, 0.05) is 0 Å². The molecule has 0 fully saturated rings. The smallest absolute Gasteiger partial charge is 0.387 e. The molecule has 0 aliphatic rings. The second-order valence-corrected chi connectivity index (χ2v) is 4.58. The van der Waals surface area contributed by atoms with Crippen LogP contribution >= 0.6 is 0 Å². The van der Waals surface area contributed by atoms with Crippen LogP contribution in [0, 0.1) is 0 Å². The van der Waals surface area contributed by atoms with Crippen LogP contribution in [-0.2, 0) is 4.79 Å². The number of ether oxygens (including phenoxy) is 1. The first-order valence-electron chi connectivity index (χ1n) is 6.54. The fourth-order valence-electron chi connectivity index (χ4n) is 1.81. The fourth-order valence-corrected chi connectivity index (χ4v) is 1.81. The lowest BCUT2D eigenvalue weighted by Crippen LogP contribution is -2.41. The van der Waals surface area contributed by atoms with Gasteiger partial charge in [0.05, 0.1) is 12.1 Å². The van der Waals surface area contributed by atoms with Crippen LogP contribution in [0.2, 0.25) is 0 Å². The van der Waals surface area contributed by atoms with E-state index >= 15 is 0 Å². The average molecular weight is 286 g/mol. The number of benzene rings is 1. The van der Waals surface area contributed by atoms with Gasteiger partial charge in [0.15, 0.2) is 0 Å². The minimum Gasteiger partial charge on any atom is -0.435 e. The molecule has 0 aliphatic heterocycles. The highest BCUT2D eigenvalue weighted by Gasteiger charge is 2.16. The SMILES string of the molecule is CCC[C@H](N)C(=O)NC(C)c1cccc(OC(F)F)c1. The van der Waals surface area contributed by atoms with Crippen molar-refractivity contribution in [2.24, 2.45) is 5.73 Å². The van der Waals surface area contributed by atoms with E-state index in [2.05, 4.69) is 10.1 Å². The Morgan fingerprint density at radius 1 is 1.45 bits per heavy atom. The molecule has 0 radical (unpaired) electrons. The van der Waals surface area contributed by atoms with E-state index in [9.17, 15) is 13.6 Å². The lowest BCUT2D eigenvalue weighted by molar-refractivity contribution is -0.123. The van der Waals surface area contributed by atoms with E-state index in [0.29, 0.717) is 12.0 Å². The second-order valence-electron chi connectivity index (χ2n) is 4.58. The van der Waals surface area contributed by atoms with E-state index < -0.39 is 12.7 Å². The van der Waals surface area contributed by atoms with Gasteiger partial charge in [-0.1, -0.05) is 25.5 Å². The van der Waals surface area contributed by atoms with Crippen molar-refractivity contribution in [3.63, 3.8) is 0 Å². The van der Waals surface area contributed by atoms with E-state index in [1.165, 1.54) is 12.1 Å². The maximum absolute atomic E-state index is 12.1. The first kappa shape index (κ1) is 16.4. The van der Waals surface area contributed by atoms with Crippen molar-refractivity contribution in [2.75, 3.05) is 0 Å². The first-order chi connectivity index (χ1) is 9.43. The molecule has 2 atom stereocenters. The van der Waals surface area contributed by atoms with E-state index in [-0.39, 0.29) is 17.7 Å². The van der Waals surface area contributed by atoms with Crippen molar-refractivity contribution in [2.45, 2.75) is 45.4 Å². The highest BCUT2D eigenvalue weighted by molar-refractivity contribution is 5.81. The van der Waals surface area contributed by atoms with E-state index in [0.717, 1.165) is 6.42 Å². The number of halogens is 2. The molecule has 0 bridgehead atoms. The number of rotatable bonds is 7. The molecule has 6 heteroatoms. The summed E-state index contributed by atoms with van der Waals surface area (Å²) >= 11 is 0. The summed E-state index contributed by atoms with van der Waals surface area (Å²) in [6, 6.07) is 5.36. The van der Waals surface area contributed by atoms with E-state index in [4.69, 9.17) is 5.73 Å². The zero-order valence-corrected chi connectivity index (χ0v) is 11.6. The number of hydrogen-bond donors (Lipinski definition) is 2. The Balaban J connectivity index is 2.67. The predicted octanol–water partition coefficient (Wildman–Crippen LogP) is 2.59. The van der Waals surface area contributed by atoms with Gasteiger partial charge < -0.3 is 15.8 Å². The maximum Gasteiger partial charge on any atom is 0.387 e. The van der Waals surface area contributed by atoms with Crippen LogP contribution in [0.1, 0.15) is 38.3 Å². The number of carbonyl (C=O) groups excluding carboxylic acids is 1. The van der Waals surface area contributed by atoms with Crippen molar-refractivity contribution in [3.8, 4) is 5.75 Å². The van der Waals surface area contributed by atoms with Crippen molar-refractivity contribution in [1.29, 1.82) is 0 Å². The monoisotopic (exact) mass is 286 g/mol. The molecule has 1 unspecified atom stereocenters. The summed E-state index contributed by atoms with van der Waals surface area (Å²) in [4.78, 5) is 11.8. The fraction of sp³-hybridized carbons (Fsp3) is 0.500. The summed E-state index contributed by atoms with van der Waals surface area (Å²) < 4.78 is 28.6. The zero-order chi connectivity index (χ0) is 15.1. The molecule has 4 nitrogen and oxygen atoms in total. The molecule has 1 aromatic rings. The van der Waals surface area contributed by atoms with Crippen LogP contribution in [0.5, 0.6) is 5.75 Å². The summed E-state index contributed by atoms with van der Waals surface area (Å²) in [5.74, 6) is -0.184. The standard InChI is InChI=1S/C14H20F2N2O2/c1-3-5-12(17)13(19)18-9(2)10-6-4-7-11(8-10)20-14(15)16/h4,6-9,12,14H,3,5,17H2,1-2H3,(H,18,19)/t9?,12-/m0/s1. The van der Waals surface area contributed by atoms with Gasteiger partial charge in [-0.15, -0.1) is 0 Å². The quantitative estimate of drug-likeness (QED) is 0.809. The third-order valence-corrected chi connectivity index (χ3v) is 2.88. The predicted molar refractivity (Wildman–Crippen MR) is 72.5 cm³/mol. The number of nitrogens with one attached hydrogen (secondary N) is 1. The Labute approximate surface area is 117 Å². The Hall–Kier alpha value is -1.69. The van der Waals surface area contributed by atoms with Crippen molar-refractivity contribution < 1.29 is 18.3 Å². The molecule has 20 heavy (non-hydrogen) atoms. The molecular weight excluding hydrogens is 266 g/mol. The molecule has 112 valence electrons. The highest BCUT2D eigenvalue weighted by atomic mass is 19.3. The largest absolute Gasteiger partial charge is 0.435 e. The molecule has 1 rings (SSSR count). The van der Waals surface area contributed by atoms with Crippen molar-refractivity contribution in [1.82, 2.24) is 5.32 Å². The second kappa shape index (κ2) is 7.79. The first-order valence-corrected chi connectivity index (χ1v) is 6.54. The number of carbonyl (C=O) groups is 1. The minimum absolute atomic E-state index is 0.0662. The number of amides is 1. The van der Waals surface area contributed by atoms with Crippen molar-refractivity contribution >= 4 is 5.91 Å². The molecule has 0 saturated carbocycles. The summed E-state index contributed by atoms with van der Waals surface area (Å²) in [6.07, 6.45) is 1.42. The Morgan fingerprint density at radius 3 is 2.75 bits per heavy atom. The molecule has 3 N–H and O–H groups in total. The van der Waals surface area contributed by atoms with Gasteiger partial charge >= 0.3 is 6.61 Å². The Morgan fingerprint density at radius 2 is 2.15 bits per heavy atom. The van der Waals surface area contributed by atoms with Crippen LogP contribution < -0.4 is 15.8 Å². The van der Waals surface area contributed by atoms with Crippen LogP contribution in [-0.4, -0.2) is 18.6 Å². The van der Waals surface area contributed by atoms with E-state index in [1.807, 2.05) is 6.92 Å². The molecule has 0 aromatic heterocycles. The minimum atomic E-state index is -2.87. The van der Waals surface area contributed by atoms with Gasteiger partial charge in [0.2, 0.25) is 5.91 Å². The molecule has 1 aromatic carbocycles. The summed E-state index contributed by atoms with van der Waals surface area (Å²) in [5.41, 5.74) is 6.39. The Kier molecular flexibility index (Phi) is 6.38. The Bertz CT molecular complexity index is 441. The molecule has 0 spiro atoms. The van der Waals surface area contributed by atoms with Gasteiger partial charge in [-0.2, -0.15) is 8.78 Å². The molecule has 0 heterocycles. The van der Waals surface area contributed by atoms with Gasteiger partial charge in [-0.25, -0.2) is 0 Å². The van der Waals surface area contributed by atoms with Crippen LogP contribution in [0.4, 0.5) is 8.78 Å². The molecule has 1 amide bonds. The van der Waals surface area contributed by atoms with Gasteiger partial charge in [0.1, 0.15) is 5.75 Å². The van der Waals surface area contributed by atoms with Crippen LogP contribution in [0.15, 0.2) is 24.3 Å². The van der Waals surface area contributed by atoms with Crippen LogP contribution in [0.25, 0.3) is 0 Å². The van der Waals surface area contributed by atoms with Crippen LogP contribution in [0.3, 0.4) is 0 Å². The zero-order valence-electron chi connectivity index (χ0n) is 11.6. The summed E-state index contributed by atoms with van der Waals surface area (Å²) in [7, 11) is 0. The van der Waals surface area contributed by atoms with Gasteiger partial charge in [-0.3, -0.25) is 4.79 Å². The highest BCUT2D eigenvalue weighted by Crippen LogP contribution is 2.20. The average Bonchev–Trinajstić information content (AvgIpc) is 2.38. The van der Waals surface area contributed by atoms with Crippen molar-refractivity contribution in [3.05, 3.63) is 29.8 Å². The number of alkyl halides is 2. The molecule has 0 saturated heterocycles. The molecular formula is C14H20F2N2O2. The maximum atomic E-state index is 12.1. The number of nitrogens with two attached hydrogens (primary N) is 1. The number of hydrogen-bond acceptors (Lipinski definition) is 3. The van der Waals surface area contributed by atoms with E-state index in [1.54, 1.807) is 19.1 Å². The summed E-state index contributed by atoms with van der Waals surface area (Å²) in [6.45, 7) is 0.841.